The number of amides is 1. The molecule has 1 aromatic carbocycles. The van der Waals surface area contributed by atoms with E-state index in [0.717, 1.165) is 48.0 Å². The fraction of sp³-hybridized carbons (Fsp3) is 0.333. The van der Waals surface area contributed by atoms with E-state index < -0.39 is 0 Å². The summed E-state index contributed by atoms with van der Waals surface area (Å²) in [5.41, 5.74) is 1.76. The average Bonchev–Trinajstić information content (AvgIpc) is 2.74. The molecule has 7 heteroatoms. The number of anilines is 1. The van der Waals surface area contributed by atoms with E-state index in [9.17, 15) is 9.18 Å². The van der Waals surface area contributed by atoms with Crippen molar-refractivity contribution in [3.8, 4) is 11.3 Å². The molecule has 3 aromatic rings. The average molecular weight is 379 g/mol. The minimum Gasteiger partial charge on any atom is -0.310 e. The molecule has 4 rings (SSSR count). The molecule has 3 heterocycles. The first-order valence-electron chi connectivity index (χ1n) is 9.48. The second-order valence-electron chi connectivity index (χ2n) is 7.02. The molecule has 0 bridgehead atoms. The molecule has 6 nitrogen and oxygen atoms in total. The summed E-state index contributed by atoms with van der Waals surface area (Å²) >= 11 is 0. The smallest absolute Gasteiger partial charge is 0.228 e. The van der Waals surface area contributed by atoms with Gasteiger partial charge in [0.1, 0.15) is 12.5 Å². The number of nitrogens with one attached hydrogen (secondary N) is 1. The molecular weight excluding hydrogens is 357 g/mol. The number of hydrogen-bond donors (Lipinski definition) is 1. The first-order chi connectivity index (χ1) is 13.7. The number of aromatic nitrogens is 3. The number of halogens is 1. The number of nitrogens with zero attached hydrogens (tertiary/aromatic N) is 4. The van der Waals surface area contributed by atoms with Gasteiger partial charge in [0, 0.05) is 42.0 Å². The van der Waals surface area contributed by atoms with E-state index in [1.807, 2.05) is 24.3 Å². The van der Waals surface area contributed by atoms with Crippen LogP contribution in [0.5, 0.6) is 0 Å². The first kappa shape index (κ1) is 18.4. The van der Waals surface area contributed by atoms with E-state index in [1.54, 1.807) is 24.8 Å². The molecular formula is C21H22FN5O. The molecule has 2 aromatic heterocycles. The third kappa shape index (κ3) is 4.14. The number of piperidine rings is 1. The number of hydrogen-bond acceptors (Lipinski definition) is 5. The molecule has 1 fully saturated rings. The lowest BCUT2D eigenvalue weighted by Gasteiger charge is -2.30. The predicted molar refractivity (Wildman–Crippen MR) is 107 cm³/mol. The zero-order valence-electron chi connectivity index (χ0n) is 15.5. The number of carbonyl (C=O) groups is 1. The summed E-state index contributed by atoms with van der Waals surface area (Å²) in [7, 11) is 0. The van der Waals surface area contributed by atoms with Gasteiger partial charge in [0.15, 0.2) is 0 Å². The maximum Gasteiger partial charge on any atom is 0.228 e. The normalized spacial score (nSPS) is 15.6. The monoisotopic (exact) mass is 379 g/mol. The summed E-state index contributed by atoms with van der Waals surface area (Å²) in [5.74, 6) is 0.469. The van der Waals surface area contributed by atoms with Crippen LogP contribution in [0.4, 0.5) is 10.2 Å². The van der Waals surface area contributed by atoms with Gasteiger partial charge in [0.2, 0.25) is 5.91 Å². The molecule has 0 spiro atoms. The number of pyridine rings is 1. The summed E-state index contributed by atoms with van der Waals surface area (Å²) in [4.78, 5) is 27.5. The van der Waals surface area contributed by atoms with Gasteiger partial charge in [-0.15, -0.1) is 0 Å². The Labute approximate surface area is 162 Å². The Bertz CT molecular complexity index is 957. The minimum atomic E-state index is -0.339. The summed E-state index contributed by atoms with van der Waals surface area (Å²) in [6.45, 7) is 1.63. The largest absolute Gasteiger partial charge is 0.310 e. The lowest BCUT2D eigenvalue weighted by atomic mass is 9.96. The van der Waals surface area contributed by atoms with Gasteiger partial charge in [-0.1, -0.05) is 12.1 Å². The maximum atomic E-state index is 12.6. The topological polar surface area (TPSA) is 71.0 Å². The van der Waals surface area contributed by atoms with E-state index in [2.05, 4.69) is 25.2 Å². The Balaban J connectivity index is 1.47. The number of benzene rings is 1. The molecule has 0 unspecified atom stereocenters. The zero-order valence-corrected chi connectivity index (χ0v) is 15.5. The van der Waals surface area contributed by atoms with Crippen LogP contribution in [0, 0.1) is 5.92 Å². The Morgan fingerprint density at radius 1 is 1.11 bits per heavy atom. The van der Waals surface area contributed by atoms with Crippen molar-refractivity contribution in [2.75, 3.05) is 31.6 Å². The van der Waals surface area contributed by atoms with E-state index in [1.165, 1.54) is 0 Å². The van der Waals surface area contributed by atoms with Crippen LogP contribution in [0.2, 0.25) is 0 Å². The summed E-state index contributed by atoms with van der Waals surface area (Å²) in [5, 5.41) is 4.91. The Kier molecular flexibility index (Phi) is 5.53. The lowest BCUT2D eigenvalue weighted by molar-refractivity contribution is -0.121. The van der Waals surface area contributed by atoms with Crippen LogP contribution in [0.15, 0.2) is 49.1 Å². The molecule has 1 aliphatic heterocycles. The summed E-state index contributed by atoms with van der Waals surface area (Å²) in [6.07, 6.45) is 8.28. The van der Waals surface area contributed by atoms with Crippen molar-refractivity contribution in [3.63, 3.8) is 0 Å². The van der Waals surface area contributed by atoms with Crippen LogP contribution in [0.25, 0.3) is 22.0 Å². The van der Waals surface area contributed by atoms with E-state index >= 15 is 0 Å². The molecule has 0 saturated carbocycles. The van der Waals surface area contributed by atoms with Gasteiger partial charge >= 0.3 is 0 Å². The zero-order chi connectivity index (χ0) is 19.3. The highest BCUT2D eigenvalue weighted by molar-refractivity contribution is 5.95. The molecule has 1 N–H and O–H groups in total. The molecule has 1 saturated heterocycles. The molecule has 144 valence electrons. The minimum absolute atomic E-state index is 0.0168. The van der Waals surface area contributed by atoms with Crippen LogP contribution in [-0.4, -0.2) is 52.1 Å². The highest BCUT2D eigenvalue weighted by Gasteiger charge is 2.25. The van der Waals surface area contributed by atoms with Gasteiger partial charge in [-0.25, -0.2) is 9.37 Å². The molecule has 0 aliphatic carbocycles. The second-order valence-corrected chi connectivity index (χ2v) is 7.02. The Morgan fingerprint density at radius 3 is 2.71 bits per heavy atom. The first-order valence-corrected chi connectivity index (χ1v) is 9.48. The van der Waals surface area contributed by atoms with E-state index in [0.29, 0.717) is 12.4 Å². The molecule has 1 amide bonds. The van der Waals surface area contributed by atoms with Crippen molar-refractivity contribution >= 4 is 22.5 Å². The Hall–Kier alpha value is -2.93. The van der Waals surface area contributed by atoms with Crippen LogP contribution in [0.3, 0.4) is 0 Å². The number of fused-ring (bicyclic) bond motifs is 1. The van der Waals surface area contributed by atoms with Gasteiger partial charge in [-0.05, 0) is 43.5 Å². The van der Waals surface area contributed by atoms with Gasteiger partial charge < -0.3 is 10.2 Å². The number of alkyl halides is 1. The van der Waals surface area contributed by atoms with Gasteiger partial charge in [-0.2, -0.15) is 0 Å². The highest BCUT2D eigenvalue weighted by atomic mass is 19.1. The number of carbonyl (C=O) groups excluding carboxylic acids is 1. The Morgan fingerprint density at radius 2 is 1.96 bits per heavy atom. The predicted octanol–water partition coefficient (Wildman–Crippen LogP) is 3.31. The number of likely N-dealkylation sites (tertiary alicyclic amines) is 1. The number of rotatable bonds is 5. The maximum absolute atomic E-state index is 12.6. The van der Waals surface area contributed by atoms with Crippen molar-refractivity contribution in [1.29, 1.82) is 0 Å². The second kappa shape index (κ2) is 8.39. The lowest BCUT2D eigenvalue weighted by Crippen LogP contribution is -2.39. The fourth-order valence-corrected chi connectivity index (χ4v) is 3.58. The van der Waals surface area contributed by atoms with E-state index in [-0.39, 0.29) is 18.5 Å². The summed E-state index contributed by atoms with van der Waals surface area (Å²) in [6, 6.07) is 7.87. The summed E-state index contributed by atoms with van der Waals surface area (Å²) < 4.78 is 12.4. The van der Waals surface area contributed by atoms with Crippen LogP contribution < -0.4 is 5.32 Å². The third-order valence-corrected chi connectivity index (χ3v) is 5.19. The molecule has 0 radical (unpaired) electrons. The van der Waals surface area contributed by atoms with Crippen LogP contribution >= 0.6 is 0 Å². The SMILES string of the molecule is O=C(Nc1cc2cc(-c3cnccn3)ccc2cn1)C1CCN(CCF)CC1. The molecule has 0 atom stereocenters. The quantitative estimate of drug-likeness (QED) is 0.736. The molecule has 1 aliphatic rings. The van der Waals surface area contributed by atoms with Crippen molar-refractivity contribution < 1.29 is 9.18 Å². The van der Waals surface area contributed by atoms with Crippen molar-refractivity contribution in [2.24, 2.45) is 5.92 Å². The van der Waals surface area contributed by atoms with Crippen LogP contribution in [-0.2, 0) is 4.79 Å². The van der Waals surface area contributed by atoms with Crippen molar-refractivity contribution in [3.05, 3.63) is 49.1 Å². The van der Waals surface area contributed by atoms with Crippen molar-refractivity contribution in [1.82, 2.24) is 19.9 Å². The standard InChI is InChI=1S/C21H22FN5O/c22-5-10-27-8-3-15(4-9-27)21(28)26-20-12-18-11-16(1-2-17(18)13-25-20)19-14-23-6-7-24-19/h1-2,6-7,11-15H,3-5,8-10H2,(H,25,26,28). The third-order valence-electron chi connectivity index (χ3n) is 5.19. The van der Waals surface area contributed by atoms with Crippen molar-refractivity contribution in [2.45, 2.75) is 12.8 Å². The van der Waals surface area contributed by atoms with Crippen LogP contribution in [0.1, 0.15) is 12.8 Å². The highest BCUT2D eigenvalue weighted by Crippen LogP contribution is 2.25. The fourth-order valence-electron chi connectivity index (χ4n) is 3.58. The van der Waals surface area contributed by atoms with Gasteiger partial charge in [-0.3, -0.25) is 14.8 Å². The van der Waals surface area contributed by atoms with Gasteiger partial charge in [0.25, 0.3) is 0 Å². The molecule has 28 heavy (non-hydrogen) atoms. The van der Waals surface area contributed by atoms with E-state index in [4.69, 9.17) is 0 Å². The van der Waals surface area contributed by atoms with Gasteiger partial charge in [0.05, 0.1) is 11.9 Å².